The maximum absolute atomic E-state index is 12.0. The van der Waals surface area contributed by atoms with Gasteiger partial charge in [-0.15, -0.1) is 11.3 Å². The molecule has 0 bridgehead atoms. The quantitative estimate of drug-likeness (QED) is 0.843. The Morgan fingerprint density at radius 3 is 2.88 bits per heavy atom. The molecule has 0 aliphatic heterocycles. The highest BCUT2D eigenvalue weighted by atomic mass is 32.1. The molecule has 1 fully saturated rings. The summed E-state index contributed by atoms with van der Waals surface area (Å²) in [5, 5.41) is 5.00. The van der Waals surface area contributed by atoms with E-state index in [-0.39, 0.29) is 11.9 Å². The van der Waals surface area contributed by atoms with Crippen molar-refractivity contribution in [3.8, 4) is 0 Å². The van der Waals surface area contributed by atoms with E-state index in [1.807, 2.05) is 31.4 Å². The third kappa shape index (κ3) is 2.28. The molecule has 2 atom stereocenters. The van der Waals surface area contributed by atoms with Crippen LogP contribution in [-0.2, 0) is 4.79 Å². The van der Waals surface area contributed by atoms with E-state index in [1.54, 1.807) is 11.3 Å². The number of rotatable bonds is 4. The fourth-order valence-corrected chi connectivity index (χ4v) is 2.56. The van der Waals surface area contributed by atoms with E-state index >= 15 is 0 Å². The highest BCUT2D eigenvalue weighted by Crippen LogP contribution is 2.38. The smallest absolute Gasteiger partial charge is 0.240 e. The highest BCUT2D eigenvalue weighted by molar-refractivity contribution is 7.10. The summed E-state index contributed by atoms with van der Waals surface area (Å²) in [5.41, 5.74) is 5.36. The second kappa shape index (κ2) is 4.18. The predicted molar refractivity (Wildman–Crippen MR) is 66.2 cm³/mol. The van der Waals surface area contributed by atoms with E-state index in [2.05, 4.69) is 5.32 Å². The summed E-state index contributed by atoms with van der Waals surface area (Å²) in [4.78, 5) is 13.2. The van der Waals surface area contributed by atoms with Crippen molar-refractivity contribution in [3.63, 3.8) is 0 Å². The second-order valence-corrected chi connectivity index (χ2v) is 5.75. The van der Waals surface area contributed by atoms with Crippen LogP contribution in [0.25, 0.3) is 0 Å². The first kappa shape index (κ1) is 11.6. The van der Waals surface area contributed by atoms with Crippen LogP contribution in [0.2, 0.25) is 0 Å². The molecule has 1 aliphatic carbocycles. The summed E-state index contributed by atoms with van der Waals surface area (Å²) < 4.78 is 0. The maximum atomic E-state index is 12.0. The lowest BCUT2D eigenvalue weighted by Gasteiger charge is -2.25. The van der Waals surface area contributed by atoms with Crippen LogP contribution in [0.15, 0.2) is 17.5 Å². The largest absolute Gasteiger partial charge is 0.347 e. The zero-order valence-electron chi connectivity index (χ0n) is 9.69. The molecule has 1 unspecified atom stereocenters. The summed E-state index contributed by atoms with van der Waals surface area (Å²) in [7, 11) is 0. The molecule has 1 aromatic rings. The molecular weight excluding hydrogens is 220 g/mol. The van der Waals surface area contributed by atoms with Crippen LogP contribution in [0.1, 0.15) is 37.6 Å². The van der Waals surface area contributed by atoms with Crippen molar-refractivity contribution < 1.29 is 4.79 Å². The lowest BCUT2D eigenvalue weighted by molar-refractivity contribution is -0.127. The van der Waals surface area contributed by atoms with Gasteiger partial charge in [0.25, 0.3) is 0 Å². The summed E-state index contributed by atoms with van der Waals surface area (Å²) in [5.74, 6) is 0.332. The Balaban J connectivity index is 1.97. The number of thiophene rings is 1. The number of amides is 1. The third-order valence-corrected chi connectivity index (χ3v) is 4.29. The lowest BCUT2D eigenvalue weighted by Crippen LogP contribution is -2.53. The van der Waals surface area contributed by atoms with Gasteiger partial charge in [-0.2, -0.15) is 0 Å². The average molecular weight is 238 g/mol. The third-order valence-electron chi connectivity index (χ3n) is 3.23. The van der Waals surface area contributed by atoms with Crippen LogP contribution in [0, 0.1) is 5.92 Å². The minimum Gasteiger partial charge on any atom is -0.347 e. The van der Waals surface area contributed by atoms with Crippen molar-refractivity contribution in [2.75, 3.05) is 0 Å². The normalized spacial score (nSPS) is 21.2. The van der Waals surface area contributed by atoms with Crippen LogP contribution in [0.4, 0.5) is 0 Å². The number of carbonyl (C=O) groups excluding carboxylic acids is 1. The SMILES string of the molecule is C[C@H](NC(=O)C(C)(N)C1CC1)c1cccs1. The van der Waals surface area contributed by atoms with Crippen molar-refractivity contribution >= 4 is 17.2 Å². The molecule has 1 aliphatic rings. The summed E-state index contributed by atoms with van der Waals surface area (Å²) in [6.07, 6.45) is 2.15. The number of hydrogen-bond acceptors (Lipinski definition) is 3. The molecular formula is C12H18N2OS. The fraction of sp³-hybridized carbons (Fsp3) is 0.583. The van der Waals surface area contributed by atoms with E-state index in [0.29, 0.717) is 5.92 Å². The van der Waals surface area contributed by atoms with E-state index in [1.165, 1.54) is 4.88 Å². The van der Waals surface area contributed by atoms with Gasteiger partial charge in [0.05, 0.1) is 11.6 Å². The van der Waals surface area contributed by atoms with Crippen LogP contribution >= 0.6 is 11.3 Å². The van der Waals surface area contributed by atoms with Gasteiger partial charge in [0.1, 0.15) is 0 Å². The number of hydrogen-bond donors (Lipinski definition) is 2. The van der Waals surface area contributed by atoms with Crippen molar-refractivity contribution in [3.05, 3.63) is 22.4 Å². The van der Waals surface area contributed by atoms with Crippen molar-refractivity contribution in [2.24, 2.45) is 11.7 Å². The highest BCUT2D eigenvalue weighted by Gasteiger charge is 2.44. The molecule has 3 nitrogen and oxygen atoms in total. The first-order valence-electron chi connectivity index (χ1n) is 5.65. The Hall–Kier alpha value is -0.870. The molecule has 4 heteroatoms. The van der Waals surface area contributed by atoms with Gasteiger partial charge in [0.2, 0.25) is 5.91 Å². The van der Waals surface area contributed by atoms with Gasteiger partial charge in [-0.3, -0.25) is 4.79 Å². The first-order valence-corrected chi connectivity index (χ1v) is 6.53. The second-order valence-electron chi connectivity index (χ2n) is 4.77. The molecule has 88 valence electrons. The monoisotopic (exact) mass is 238 g/mol. The average Bonchev–Trinajstić information content (AvgIpc) is 2.95. The molecule has 2 rings (SSSR count). The minimum absolute atomic E-state index is 0.0316. The van der Waals surface area contributed by atoms with Crippen molar-refractivity contribution in [1.82, 2.24) is 5.32 Å². The van der Waals surface area contributed by atoms with Gasteiger partial charge in [-0.1, -0.05) is 6.07 Å². The van der Waals surface area contributed by atoms with E-state index in [0.717, 1.165) is 12.8 Å². The number of carbonyl (C=O) groups is 1. The molecule has 16 heavy (non-hydrogen) atoms. The minimum atomic E-state index is -0.703. The summed E-state index contributed by atoms with van der Waals surface area (Å²) in [6.45, 7) is 3.83. The Morgan fingerprint density at radius 1 is 1.69 bits per heavy atom. The Labute approximate surface area is 100 Å². The summed E-state index contributed by atoms with van der Waals surface area (Å²) >= 11 is 1.65. The zero-order valence-corrected chi connectivity index (χ0v) is 10.5. The topological polar surface area (TPSA) is 55.1 Å². The standard InChI is InChI=1S/C12H18N2OS/c1-8(10-4-3-7-16-10)14-11(15)12(2,13)9-5-6-9/h3-4,7-9H,5-6,13H2,1-2H3,(H,14,15)/t8-,12?/m0/s1. The molecule has 3 N–H and O–H groups in total. The lowest BCUT2D eigenvalue weighted by atomic mass is 9.96. The van der Waals surface area contributed by atoms with Crippen LogP contribution in [-0.4, -0.2) is 11.4 Å². The molecule has 0 radical (unpaired) electrons. The van der Waals surface area contributed by atoms with Gasteiger partial charge in [-0.05, 0) is 44.1 Å². The molecule has 0 spiro atoms. The maximum Gasteiger partial charge on any atom is 0.240 e. The van der Waals surface area contributed by atoms with Crippen molar-refractivity contribution in [2.45, 2.75) is 38.3 Å². The predicted octanol–water partition coefficient (Wildman–Crippen LogP) is 2.05. The molecule has 1 saturated carbocycles. The first-order chi connectivity index (χ1) is 7.51. The van der Waals surface area contributed by atoms with Gasteiger partial charge in [-0.25, -0.2) is 0 Å². The Morgan fingerprint density at radius 2 is 2.38 bits per heavy atom. The van der Waals surface area contributed by atoms with Crippen LogP contribution in [0.5, 0.6) is 0 Å². The van der Waals surface area contributed by atoms with Crippen LogP contribution in [0.3, 0.4) is 0 Å². The Bertz CT molecular complexity index is 368. The number of nitrogens with one attached hydrogen (secondary N) is 1. The van der Waals surface area contributed by atoms with Gasteiger partial charge in [0.15, 0.2) is 0 Å². The van der Waals surface area contributed by atoms with Crippen LogP contribution < -0.4 is 11.1 Å². The Kier molecular flexibility index (Phi) is 3.04. The van der Waals surface area contributed by atoms with Gasteiger partial charge in [0, 0.05) is 4.88 Å². The zero-order chi connectivity index (χ0) is 11.8. The summed E-state index contributed by atoms with van der Waals surface area (Å²) in [6, 6.07) is 4.07. The molecule has 0 saturated heterocycles. The molecule has 0 aromatic carbocycles. The van der Waals surface area contributed by atoms with E-state index in [9.17, 15) is 4.79 Å². The van der Waals surface area contributed by atoms with E-state index in [4.69, 9.17) is 5.73 Å². The molecule has 1 aromatic heterocycles. The fourth-order valence-electron chi connectivity index (χ4n) is 1.83. The number of nitrogens with two attached hydrogens (primary N) is 1. The van der Waals surface area contributed by atoms with Gasteiger partial charge >= 0.3 is 0 Å². The molecule has 1 amide bonds. The van der Waals surface area contributed by atoms with Crippen molar-refractivity contribution in [1.29, 1.82) is 0 Å². The van der Waals surface area contributed by atoms with E-state index < -0.39 is 5.54 Å². The molecule has 1 heterocycles. The van der Waals surface area contributed by atoms with Gasteiger partial charge < -0.3 is 11.1 Å².